The van der Waals surface area contributed by atoms with Crippen LogP contribution in [0.1, 0.15) is 12.1 Å². The monoisotopic (exact) mass is 228 g/mol. The van der Waals surface area contributed by atoms with Crippen LogP contribution in [0.4, 0.5) is 0 Å². The lowest BCUT2D eigenvalue weighted by atomic mass is 10.2. The molecule has 0 atom stereocenters. The summed E-state index contributed by atoms with van der Waals surface area (Å²) in [5.74, 6) is 0. The minimum absolute atomic E-state index is 0.616. The molecule has 0 saturated heterocycles. The number of nitrogens with zero attached hydrogens (tertiary/aromatic N) is 3. The van der Waals surface area contributed by atoms with Crippen molar-refractivity contribution in [1.82, 2.24) is 15.0 Å². The van der Waals surface area contributed by atoms with E-state index in [-0.39, 0.29) is 0 Å². The van der Waals surface area contributed by atoms with E-state index in [4.69, 9.17) is 15.2 Å². The van der Waals surface area contributed by atoms with E-state index >= 15 is 0 Å². The van der Waals surface area contributed by atoms with Crippen LogP contribution >= 0.6 is 0 Å². The number of aromatic nitrogens is 3. The molecule has 1 heterocycles. The summed E-state index contributed by atoms with van der Waals surface area (Å²) in [5, 5.41) is 8.05. The standard InChI is InChI=1S/C10H20N4O2/c1-15-7-8-16-6-5-14-9-10(12-13-14)3-2-4-11/h9H,2-8,11H2,1H3. The van der Waals surface area contributed by atoms with E-state index in [1.807, 2.05) is 6.20 Å². The second-order valence-corrected chi connectivity index (χ2v) is 3.47. The molecular formula is C10H20N4O2. The second kappa shape index (κ2) is 8.20. The van der Waals surface area contributed by atoms with Crippen LogP contribution in [0.25, 0.3) is 0 Å². The van der Waals surface area contributed by atoms with Crippen LogP contribution in [0, 0.1) is 0 Å². The first-order valence-corrected chi connectivity index (χ1v) is 5.52. The fourth-order valence-corrected chi connectivity index (χ4v) is 1.25. The molecule has 1 rings (SSSR count). The predicted molar refractivity (Wildman–Crippen MR) is 60.1 cm³/mol. The zero-order valence-corrected chi connectivity index (χ0v) is 9.76. The molecular weight excluding hydrogens is 208 g/mol. The van der Waals surface area contributed by atoms with Gasteiger partial charge in [0.2, 0.25) is 0 Å². The Bertz CT molecular complexity index is 278. The van der Waals surface area contributed by atoms with Gasteiger partial charge in [0, 0.05) is 13.3 Å². The molecule has 1 aromatic heterocycles. The minimum Gasteiger partial charge on any atom is -0.382 e. The Hall–Kier alpha value is -0.980. The lowest BCUT2D eigenvalue weighted by molar-refractivity contribution is 0.0652. The number of hydrogen-bond donors (Lipinski definition) is 1. The summed E-state index contributed by atoms with van der Waals surface area (Å²) in [4.78, 5) is 0. The average molecular weight is 228 g/mol. The lowest BCUT2D eigenvalue weighted by Gasteiger charge is -2.02. The van der Waals surface area contributed by atoms with Gasteiger partial charge >= 0.3 is 0 Å². The van der Waals surface area contributed by atoms with Crippen LogP contribution in [0.5, 0.6) is 0 Å². The summed E-state index contributed by atoms with van der Waals surface area (Å²) in [5.41, 5.74) is 6.41. The Balaban J connectivity index is 2.14. The van der Waals surface area contributed by atoms with E-state index in [1.54, 1.807) is 11.8 Å². The van der Waals surface area contributed by atoms with Gasteiger partial charge in [0.05, 0.1) is 32.1 Å². The Morgan fingerprint density at radius 3 is 3.00 bits per heavy atom. The second-order valence-electron chi connectivity index (χ2n) is 3.47. The van der Waals surface area contributed by atoms with E-state index in [0.29, 0.717) is 26.4 Å². The number of ether oxygens (including phenoxy) is 2. The van der Waals surface area contributed by atoms with Crippen LogP contribution in [0.2, 0.25) is 0 Å². The van der Waals surface area contributed by atoms with Crippen molar-refractivity contribution in [3.05, 3.63) is 11.9 Å². The van der Waals surface area contributed by atoms with Crippen LogP contribution in [-0.4, -0.2) is 48.5 Å². The van der Waals surface area contributed by atoms with E-state index < -0.39 is 0 Å². The molecule has 0 unspecified atom stereocenters. The molecule has 0 aromatic carbocycles. The summed E-state index contributed by atoms with van der Waals surface area (Å²) in [6.07, 6.45) is 3.78. The molecule has 0 aliphatic heterocycles. The topological polar surface area (TPSA) is 75.2 Å². The zero-order valence-electron chi connectivity index (χ0n) is 9.76. The molecule has 2 N–H and O–H groups in total. The van der Waals surface area contributed by atoms with Crippen LogP contribution < -0.4 is 5.73 Å². The molecule has 6 heteroatoms. The van der Waals surface area contributed by atoms with Crippen molar-refractivity contribution in [1.29, 1.82) is 0 Å². The zero-order chi connectivity index (χ0) is 11.6. The molecule has 0 spiro atoms. The SMILES string of the molecule is COCCOCCn1cc(CCCN)nn1. The largest absolute Gasteiger partial charge is 0.382 e. The molecule has 92 valence electrons. The number of nitrogens with two attached hydrogens (primary N) is 1. The van der Waals surface area contributed by atoms with Gasteiger partial charge in [-0.15, -0.1) is 5.10 Å². The lowest BCUT2D eigenvalue weighted by Crippen LogP contribution is -2.09. The van der Waals surface area contributed by atoms with Crippen molar-refractivity contribution < 1.29 is 9.47 Å². The average Bonchev–Trinajstić information content (AvgIpc) is 2.74. The van der Waals surface area contributed by atoms with Crippen LogP contribution in [0.3, 0.4) is 0 Å². The van der Waals surface area contributed by atoms with Gasteiger partial charge in [-0.25, -0.2) is 4.68 Å². The van der Waals surface area contributed by atoms with Gasteiger partial charge in [-0.3, -0.25) is 0 Å². The van der Waals surface area contributed by atoms with E-state index in [2.05, 4.69) is 10.3 Å². The first-order valence-electron chi connectivity index (χ1n) is 5.52. The highest BCUT2D eigenvalue weighted by Crippen LogP contribution is 1.97. The summed E-state index contributed by atoms with van der Waals surface area (Å²) in [6, 6.07) is 0. The third-order valence-electron chi connectivity index (χ3n) is 2.12. The highest BCUT2D eigenvalue weighted by atomic mass is 16.5. The molecule has 0 saturated carbocycles. The normalized spacial score (nSPS) is 10.9. The van der Waals surface area contributed by atoms with Crippen molar-refractivity contribution in [2.24, 2.45) is 5.73 Å². The first kappa shape index (κ1) is 13.1. The van der Waals surface area contributed by atoms with Gasteiger partial charge in [-0.2, -0.15) is 0 Å². The van der Waals surface area contributed by atoms with Gasteiger partial charge in [0.1, 0.15) is 0 Å². The molecule has 1 aromatic rings. The van der Waals surface area contributed by atoms with Crippen molar-refractivity contribution in [2.45, 2.75) is 19.4 Å². The van der Waals surface area contributed by atoms with Crippen molar-refractivity contribution in [3.63, 3.8) is 0 Å². The molecule has 0 radical (unpaired) electrons. The quantitative estimate of drug-likeness (QED) is 0.594. The molecule has 6 nitrogen and oxygen atoms in total. The summed E-state index contributed by atoms with van der Waals surface area (Å²) >= 11 is 0. The van der Waals surface area contributed by atoms with Crippen molar-refractivity contribution >= 4 is 0 Å². The molecule has 0 bridgehead atoms. The van der Waals surface area contributed by atoms with Gasteiger partial charge in [-0.1, -0.05) is 5.21 Å². The highest BCUT2D eigenvalue weighted by Gasteiger charge is 1.99. The molecule has 0 amide bonds. The van der Waals surface area contributed by atoms with E-state index in [1.165, 1.54) is 0 Å². The van der Waals surface area contributed by atoms with Gasteiger partial charge in [0.15, 0.2) is 0 Å². The number of rotatable bonds is 9. The van der Waals surface area contributed by atoms with Gasteiger partial charge < -0.3 is 15.2 Å². The highest BCUT2D eigenvalue weighted by molar-refractivity contribution is 4.92. The Morgan fingerprint density at radius 2 is 2.25 bits per heavy atom. The summed E-state index contributed by atoms with van der Waals surface area (Å²) < 4.78 is 12.0. The fraction of sp³-hybridized carbons (Fsp3) is 0.800. The van der Waals surface area contributed by atoms with Crippen LogP contribution in [0.15, 0.2) is 6.20 Å². The maximum Gasteiger partial charge on any atom is 0.0827 e. The third-order valence-corrected chi connectivity index (χ3v) is 2.12. The van der Waals surface area contributed by atoms with E-state index in [0.717, 1.165) is 25.1 Å². The summed E-state index contributed by atoms with van der Waals surface area (Å²) in [7, 11) is 1.66. The fourth-order valence-electron chi connectivity index (χ4n) is 1.25. The first-order chi connectivity index (χ1) is 7.86. The van der Waals surface area contributed by atoms with Crippen LogP contribution in [-0.2, 0) is 22.4 Å². The Labute approximate surface area is 95.7 Å². The number of aryl methyl sites for hydroxylation is 1. The molecule has 0 fully saturated rings. The Kier molecular flexibility index (Phi) is 6.71. The number of hydrogen-bond acceptors (Lipinski definition) is 5. The van der Waals surface area contributed by atoms with Gasteiger partial charge in [0.25, 0.3) is 0 Å². The maximum atomic E-state index is 5.42. The smallest absolute Gasteiger partial charge is 0.0827 e. The van der Waals surface area contributed by atoms with Gasteiger partial charge in [-0.05, 0) is 19.4 Å². The van der Waals surface area contributed by atoms with Crippen molar-refractivity contribution in [2.75, 3.05) is 33.5 Å². The van der Waals surface area contributed by atoms with E-state index in [9.17, 15) is 0 Å². The minimum atomic E-state index is 0.616. The molecule has 0 aliphatic rings. The maximum absolute atomic E-state index is 5.42. The number of methoxy groups -OCH3 is 1. The summed E-state index contributed by atoms with van der Waals surface area (Å²) in [6.45, 7) is 3.28. The molecule has 16 heavy (non-hydrogen) atoms. The predicted octanol–water partition coefficient (Wildman–Crippen LogP) is -0.168. The van der Waals surface area contributed by atoms with Crippen molar-refractivity contribution in [3.8, 4) is 0 Å². The molecule has 0 aliphatic carbocycles. The Morgan fingerprint density at radius 1 is 1.38 bits per heavy atom. The third kappa shape index (κ3) is 5.20.